The molecule has 2 aromatic rings. The summed E-state index contributed by atoms with van der Waals surface area (Å²) in [6.45, 7) is 6.07. The fraction of sp³-hybridized carbons (Fsp3) is 0.368. The van der Waals surface area contributed by atoms with Crippen LogP contribution in [0.5, 0.6) is 0 Å². The average Bonchev–Trinajstić information content (AvgIpc) is 2.96. The molecule has 24 heavy (non-hydrogen) atoms. The van der Waals surface area contributed by atoms with Gasteiger partial charge in [0.1, 0.15) is 5.69 Å². The summed E-state index contributed by atoms with van der Waals surface area (Å²) in [6, 6.07) is 9.35. The summed E-state index contributed by atoms with van der Waals surface area (Å²) in [6.07, 6.45) is 1.48. The standard InChI is InChI=1S/C19H23NO4/c1-4-10-14-16(18(21)23-5-2)15(13-11-8-7-9-12-13)17(20-14)19(22)24-6-3/h7-9,11-12,20H,4-6,10H2,1-3H3. The Morgan fingerprint density at radius 3 is 2.17 bits per heavy atom. The summed E-state index contributed by atoms with van der Waals surface area (Å²) in [5, 5.41) is 0. The number of benzene rings is 1. The van der Waals surface area contributed by atoms with Crippen molar-refractivity contribution in [3.8, 4) is 11.1 Å². The van der Waals surface area contributed by atoms with Gasteiger partial charge < -0.3 is 14.5 Å². The quantitative estimate of drug-likeness (QED) is 0.780. The third kappa shape index (κ3) is 3.67. The molecule has 0 radical (unpaired) electrons. The highest BCUT2D eigenvalue weighted by atomic mass is 16.5. The zero-order valence-corrected chi connectivity index (χ0v) is 14.3. The number of hydrogen-bond acceptors (Lipinski definition) is 4. The van der Waals surface area contributed by atoms with Gasteiger partial charge in [0.05, 0.1) is 18.8 Å². The molecule has 1 aromatic carbocycles. The number of hydrogen-bond donors (Lipinski definition) is 1. The molecule has 0 spiro atoms. The Balaban J connectivity index is 2.68. The van der Waals surface area contributed by atoms with Gasteiger partial charge in [-0.3, -0.25) is 0 Å². The third-order valence-corrected chi connectivity index (χ3v) is 3.60. The van der Waals surface area contributed by atoms with Crippen molar-refractivity contribution in [3.05, 3.63) is 47.3 Å². The number of rotatable bonds is 7. The maximum Gasteiger partial charge on any atom is 0.355 e. The lowest BCUT2D eigenvalue weighted by molar-refractivity contribution is 0.0518. The second kappa shape index (κ2) is 8.34. The second-order valence-corrected chi connectivity index (χ2v) is 5.29. The zero-order chi connectivity index (χ0) is 17.5. The predicted molar refractivity (Wildman–Crippen MR) is 92.1 cm³/mol. The van der Waals surface area contributed by atoms with E-state index in [1.807, 2.05) is 37.3 Å². The molecule has 0 bridgehead atoms. The lowest BCUT2D eigenvalue weighted by Crippen LogP contribution is -2.09. The van der Waals surface area contributed by atoms with E-state index in [1.54, 1.807) is 13.8 Å². The van der Waals surface area contributed by atoms with E-state index in [2.05, 4.69) is 4.98 Å². The number of aryl methyl sites for hydroxylation is 1. The third-order valence-electron chi connectivity index (χ3n) is 3.60. The van der Waals surface area contributed by atoms with Gasteiger partial charge in [-0.05, 0) is 25.8 Å². The lowest BCUT2D eigenvalue weighted by atomic mass is 9.99. The monoisotopic (exact) mass is 329 g/mol. The number of carbonyl (C=O) groups is 2. The molecule has 0 amide bonds. The number of H-pyrrole nitrogens is 1. The number of aromatic amines is 1. The van der Waals surface area contributed by atoms with E-state index in [0.29, 0.717) is 28.9 Å². The Labute approximate surface area is 142 Å². The molecule has 0 unspecified atom stereocenters. The van der Waals surface area contributed by atoms with Crippen molar-refractivity contribution in [2.75, 3.05) is 13.2 Å². The summed E-state index contributed by atoms with van der Waals surface area (Å²) in [5.74, 6) is -0.893. The highest BCUT2D eigenvalue weighted by molar-refractivity contribution is 6.06. The molecule has 1 heterocycles. The van der Waals surface area contributed by atoms with E-state index in [0.717, 1.165) is 12.0 Å². The molecule has 0 fully saturated rings. The number of ether oxygens (including phenoxy) is 2. The first-order valence-corrected chi connectivity index (χ1v) is 8.28. The van der Waals surface area contributed by atoms with Crippen molar-refractivity contribution in [1.82, 2.24) is 4.98 Å². The molecule has 0 aliphatic heterocycles. The van der Waals surface area contributed by atoms with Crippen LogP contribution in [0.1, 0.15) is 53.7 Å². The van der Waals surface area contributed by atoms with E-state index in [-0.39, 0.29) is 13.2 Å². The minimum absolute atomic E-state index is 0.268. The lowest BCUT2D eigenvalue weighted by Gasteiger charge is -2.08. The van der Waals surface area contributed by atoms with E-state index < -0.39 is 11.9 Å². The van der Waals surface area contributed by atoms with Crippen LogP contribution < -0.4 is 0 Å². The highest BCUT2D eigenvalue weighted by Crippen LogP contribution is 2.32. The topological polar surface area (TPSA) is 68.4 Å². The van der Waals surface area contributed by atoms with Gasteiger partial charge in [0.15, 0.2) is 0 Å². The van der Waals surface area contributed by atoms with E-state index in [1.165, 1.54) is 0 Å². The summed E-state index contributed by atoms with van der Waals surface area (Å²) >= 11 is 0. The first kappa shape index (κ1) is 17.8. The van der Waals surface area contributed by atoms with E-state index in [4.69, 9.17) is 9.47 Å². The second-order valence-electron chi connectivity index (χ2n) is 5.29. The van der Waals surface area contributed by atoms with Gasteiger partial charge in [-0.1, -0.05) is 43.7 Å². The minimum atomic E-state index is -0.468. The number of nitrogens with one attached hydrogen (secondary N) is 1. The van der Waals surface area contributed by atoms with Crippen molar-refractivity contribution in [2.45, 2.75) is 33.6 Å². The van der Waals surface area contributed by atoms with Crippen molar-refractivity contribution < 1.29 is 19.1 Å². The Bertz CT molecular complexity index is 704. The van der Waals surface area contributed by atoms with Gasteiger partial charge in [0, 0.05) is 11.3 Å². The molecule has 0 saturated carbocycles. The van der Waals surface area contributed by atoms with Gasteiger partial charge in [-0.2, -0.15) is 0 Å². The van der Waals surface area contributed by atoms with Gasteiger partial charge in [-0.15, -0.1) is 0 Å². The van der Waals surface area contributed by atoms with Crippen LogP contribution in [0.15, 0.2) is 30.3 Å². The van der Waals surface area contributed by atoms with Crippen LogP contribution in [0.4, 0.5) is 0 Å². The van der Waals surface area contributed by atoms with E-state index >= 15 is 0 Å². The summed E-state index contributed by atoms with van der Waals surface area (Å²) < 4.78 is 10.4. The first-order valence-electron chi connectivity index (χ1n) is 8.28. The molecule has 0 aliphatic carbocycles. The van der Waals surface area contributed by atoms with Crippen LogP contribution in [0.25, 0.3) is 11.1 Å². The normalized spacial score (nSPS) is 10.5. The van der Waals surface area contributed by atoms with Crippen LogP contribution in [-0.4, -0.2) is 30.1 Å². The van der Waals surface area contributed by atoms with Crippen molar-refractivity contribution in [2.24, 2.45) is 0 Å². The highest BCUT2D eigenvalue weighted by Gasteiger charge is 2.28. The first-order chi connectivity index (χ1) is 11.6. The molecule has 0 atom stereocenters. The van der Waals surface area contributed by atoms with Crippen LogP contribution in [0.3, 0.4) is 0 Å². The fourth-order valence-corrected chi connectivity index (χ4v) is 2.67. The van der Waals surface area contributed by atoms with Crippen LogP contribution in [0.2, 0.25) is 0 Å². The van der Waals surface area contributed by atoms with Crippen molar-refractivity contribution in [3.63, 3.8) is 0 Å². The molecule has 0 aliphatic rings. The van der Waals surface area contributed by atoms with Crippen molar-refractivity contribution in [1.29, 1.82) is 0 Å². The Morgan fingerprint density at radius 2 is 1.58 bits per heavy atom. The van der Waals surface area contributed by atoms with Gasteiger partial charge in [-0.25, -0.2) is 9.59 Å². The van der Waals surface area contributed by atoms with Crippen molar-refractivity contribution >= 4 is 11.9 Å². The molecule has 2 rings (SSSR count). The molecular weight excluding hydrogens is 306 g/mol. The molecule has 1 N–H and O–H groups in total. The zero-order valence-electron chi connectivity index (χ0n) is 14.3. The maximum atomic E-state index is 12.5. The summed E-state index contributed by atoms with van der Waals surface area (Å²) in [7, 11) is 0. The smallest absolute Gasteiger partial charge is 0.355 e. The molecular formula is C19H23NO4. The number of esters is 2. The van der Waals surface area contributed by atoms with Crippen LogP contribution >= 0.6 is 0 Å². The number of carbonyl (C=O) groups excluding carboxylic acids is 2. The Hall–Kier alpha value is -2.56. The predicted octanol–water partition coefficient (Wildman–Crippen LogP) is 3.99. The number of aromatic nitrogens is 1. The summed E-state index contributed by atoms with van der Waals surface area (Å²) in [4.78, 5) is 28.0. The Morgan fingerprint density at radius 1 is 0.958 bits per heavy atom. The van der Waals surface area contributed by atoms with Gasteiger partial charge >= 0.3 is 11.9 Å². The van der Waals surface area contributed by atoms with E-state index in [9.17, 15) is 9.59 Å². The SMILES string of the molecule is CCCc1[nH]c(C(=O)OCC)c(-c2ccccc2)c1C(=O)OCC. The van der Waals surface area contributed by atoms with Gasteiger partial charge in [0.25, 0.3) is 0 Å². The minimum Gasteiger partial charge on any atom is -0.462 e. The molecule has 0 saturated heterocycles. The fourth-order valence-electron chi connectivity index (χ4n) is 2.67. The van der Waals surface area contributed by atoms with Gasteiger partial charge in [0.2, 0.25) is 0 Å². The average molecular weight is 329 g/mol. The molecule has 1 aromatic heterocycles. The molecule has 128 valence electrons. The van der Waals surface area contributed by atoms with Crippen LogP contribution in [-0.2, 0) is 15.9 Å². The molecule has 5 nitrogen and oxygen atoms in total. The largest absolute Gasteiger partial charge is 0.462 e. The van der Waals surface area contributed by atoms with Crippen LogP contribution in [0, 0.1) is 0 Å². The summed E-state index contributed by atoms with van der Waals surface area (Å²) in [5.41, 5.74) is 2.76. The Kier molecular flexibility index (Phi) is 6.18. The maximum absolute atomic E-state index is 12.5. The molecule has 5 heteroatoms.